The first-order valence-electron chi connectivity index (χ1n) is 10.2. The summed E-state index contributed by atoms with van der Waals surface area (Å²) in [6, 6.07) is 0. The number of ether oxygens (including phenoxy) is 6. The van der Waals surface area contributed by atoms with Crippen molar-refractivity contribution in [2.45, 2.75) is 31.5 Å². The second-order valence-electron chi connectivity index (χ2n) is 6.41. The van der Waals surface area contributed by atoms with Crippen molar-refractivity contribution >= 4 is 11.9 Å². The molecule has 0 fully saturated rings. The summed E-state index contributed by atoms with van der Waals surface area (Å²) in [4.78, 5) is 21.7. The first kappa shape index (κ1) is 29.2. The summed E-state index contributed by atoms with van der Waals surface area (Å²) >= 11 is 0. The summed E-state index contributed by atoms with van der Waals surface area (Å²) in [5, 5.41) is 19.1. The molecule has 0 heterocycles. The van der Waals surface area contributed by atoms with Gasteiger partial charge in [-0.25, -0.2) is 9.59 Å². The molecule has 180 valence electrons. The normalized spacial score (nSPS) is 12.7. The molecular weight excluding hydrogens is 412 g/mol. The Bertz CT molecular complexity index is 441. The molecule has 0 amide bonds. The Morgan fingerprint density at radius 2 is 0.935 bits per heavy atom. The number of esters is 2. The molecule has 0 aromatic heterocycles. The van der Waals surface area contributed by atoms with E-state index >= 15 is 0 Å². The van der Waals surface area contributed by atoms with Crippen LogP contribution >= 0.6 is 0 Å². The highest BCUT2D eigenvalue weighted by Gasteiger charge is 2.07. The molecule has 0 aliphatic heterocycles. The molecule has 10 nitrogen and oxygen atoms in total. The first-order valence-corrected chi connectivity index (χ1v) is 10.2. The zero-order valence-corrected chi connectivity index (χ0v) is 18.1. The van der Waals surface area contributed by atoms with Crippen LogP contribution in [0.3, 0.4) is 0 Å². The first-order chi connectivity index (χ1) is 15.0. The minimum atomic E-state index is -0.862. The predicted octanol–water partition coefficient (Wildman–Crippen LogP) is 0.403. The molecule has 31 heavy (non-hydrogen) atoms. The molecule has 0 aromatic rings. The Hall–Kier alpha value is -1.82. The zero-order valence-electron chi connectivity index (χ0n) is 18.1. The fraction of sp³-hybridized carbons (Fsp3) is 0.714. The highest BCUT2D eigenvalue weighted by molar-refractivity contribution is 5.81. The molecule has 0 rings (SSSR count). The van der Waals surface area contributed by atoms with Gasteiger partial charge < -0.3 is 38.6 Å². The molecule has 2 unspecified atom stereocenters. The maximum atomic E-state index is 10.8. The van der Waals surface area contributed by atoms with Gasteiger partial charge in [-0.15, -0.1) is 0 Å². The molecular formula is C21H36O10. The van der Waals surface area contributed by atoms with Crippen LogP contribution in [0.15, 0.2) is 25.3 Å². The van der Waals surface area contributed by atoms with E-state index in [-0.39, 0.29) is 26.4 Å². The third kappa shape index (κ3) is 21.2. The zero-order chi connectivity index (χ0) is 23.2. The van der Waals surface area contributed by atoms with E-state index in [2.05, 4.69) is 13.2 Å². The Morgan fingerprint density at radius 3 is 1.26 bits per heavy atom. The summed E-state index contributed by atoms with van der Waals surface area (Å²) in [7, 11) is 0. The topological polar surface area (TPSA) is 130 Å². The third-order valence-electron chi connectivity index (χ3n) is 3.52. The van der Waals surface area contributed by atoms with Gasteiger partial charge >= 0.3 is 11.9 Å². The van der Waals surface area contributed by atoms with E-state index < -0.39 is 24.1 Å². The number of carbonyl (C=O) groups is 2. The molecule has 0 saturated heterocycles. The number of aliphatic hydroxyl groups is 2. The monoisotopic (exact) mass is 448 g/mol. The number of aliphatic hydroxyl groups excluding tert-OH is 2. The highest BCUT2D eigenvalue weighted by atomic mass is 16.6. The van der Waals surface area contributed by atoms with Gasteiger partial charge in [-0.05, 0) is 19.3 Å². The Balaban J connectivity index is 3.24. The van der Waals surface area contributed by atoms with Gasteiger partial charge in [0, 0.05) is 51.8 Å². The quantitative estimate of drug-likeness (QED) is 0.136. The van der Waals surface area contributed by atoms with E-state index in [1.165, 1.54) is 0 Å². The number of hydrogen-bond acceptors (Lipinski definition) is 10. The Kier molecular flexibility index (Phi) is 20.2. The molecule has 0 aromatic carbocycles. The largest absolute Gasteiger partial charge is 0.460 e. The van der Waals surface area contributed by atoms with Crippen molar-refractivity contribution in [2.75, 3.05) is 66.1 Å². The summed E-state index contributed by atoms with van der Waals surface area (Å²) in [5.74, 6) is -1.16. The lowest BCUT2D eigenvalue weighted by Gasteiger charge is -2.11. The number of rotatable bonds is 22. The van der Waals surface area contributed by atoms with Crippen LogP contribution in [0.1, 0.15) is 19.3 Å². The summed E-state index contributed by atoms with van der Waals surface area (Å²) in [5.41, 5.74) is 0. The van der Waals surface area contributed by atoms with Gasteiger partial charge in [0.2, 0.25) is 0 Å². The molecule has 2 atom stereocenters. The highest BCUT2D eigenvalue weighted by Crippen LogP contribution is 1.95. The average Bonchev–Trinajstić information content (AvgIpc) is 2.78. The molecule has 0 radical (unpaired) electrons. The van der Waals surface area contributed by atoms with Crippen LogP contribution in [0.5, 0.6) is 0 Å². The van der Waals surface area contributed by atoms with Crippen molar-refractivity contribution in [1.82, 2.24) is 0 Å². The van der Waals surface area contributed by atoms with Gasteiger partial charge in [-0.1, -0.05) is 13.2 Å². The summed E-state index contributed by atoms with van der Waals surface area (Å²) < 4.78 is 30.8. The predicted molar refractivity (Wildman–Crippen MR) is 111 cm³/mol. The molecule has 0 bridgehead atoms. The van der Waals surface area contributed by atoms with Gasteiger partial charge in [0.25, 0.3) is 0 Å². The number of carbonyl (C=O) groups excluding carboxylic acids is 2. The number of hydrogen-bond donors (Lipinski definition) is 2. The minimum Gasteiger partial charge on any atom is -0.460 e. The fourth-order valence-electron chi connectivity index (χ4n) is 2.00. The van der Waals surface area contributed by atoms with E-state index in [1.54, 1.807) is 0 Å². The Labute approximate surface area is 183 Å². The lowest BCUT2D eigenvalue weighted by atomic mass is 10.4. The van der Waals surface area contributed by atoms with Crippen molar-refractivity contribution in [1.29, 1.82) is 0 Å². The van der Waals surface area contributed by atoms with E-state index in [0.29, 0.717) is 52.5 Å². The van der Waals surface area contributed by atoms with Gasteiger partial charge in [0.1, 0.15) is 25.4 Å². The summed E-state index contributed by atoms with van der Waals surface area (Å²) in [6.07, 6.45) is 2.49. The van der Waals surface area contributed by atoms with Gasteiger partial charge in [0.05, 0.1) is 13.2 Å². The van der Waals surface area contributed by atoms with Crippen LogP contribution in [-0.4, -0.2) is 100 Å². The SMILES string of the molecule is C=CC(=O)OCC(O)COCCCOCCCOCCCOCC(O)COC(=O)C=C. The summed E-state index contributed by atoms with van der Waals surface area (Å²) in [6.45, 7) is 9.57. The maximum absolute atomic E-state index is 10.8. The lowest BCUT2D eigenvalue weighted by Crippen LogP contribution is -2.23. The minimum absolute atomic E-state index is 0.0870. The molecule has 0 aliphatic carbocycles. The van der Waals surface area contributed by atoms with E-state index in [0.717, 1.165) is 18.6 Å². The van der Waals surface area contributed by atoms with Gasteiger partial charge in [0.15, 0.2) is 0 Å². The second kappa shape index (κ2) is 21.4. The standard InChI is InChI=1S/C21H36O10/c1-3-20(24)30-16-18(22)14-28-12-6-10-26-8-5-9-27-11-7-13-29-15-19(23)17-31-21(25)4-2/h3-4,18-19,22-23H,1-2,5-17H2. The molecule has 0 aliphatic rings. The lowest BCUT2D eigenvalue weighted by molar-refractivity contribution is -0.142. The van der Waals surface area contributed by atoms with Crippen LogP contribution in [0.2, 0.25) is 0 Å². The van der Waals surface area contributed by atoms with Crippen LogP contribution in [0, 0.1) is 0 Å². The molecule has 0 saturated carbocycles. The fourth-order valence-corrected chi connectivity index (χ4v) is 2.00. The van der Waals surface area contributed by atoms with E-state index in [9.17, 15) is 19.8 Å². The van der Waals surface area contributed by atoms with Crippen molar-refractivity contribution < 1.29 is 48.2 Å². The van der Waals surface area contributed by atoms with Gasteiger partial charge in [-0.2, -0.15) is 0 Å². The van der Waals surface area contributed by atoms with Gasteiger partial charge in [-0.3, -0.25) is 0 Å². The average molecular weight is 449 g/mol. The molecule has 2 N–H and O–H groups in total. The Morgan fingerprint density at radius 1 is 0.613 bits per heavy atom. The smallest absolute Gasteiger partial charge is 0.330 e. The van der Waals surface area contributed by atoms with Crippen molar-refractivity contribution in [3.8, 4) is 0 Å². The molecule has 0 spiro atoms. The maximum Gasteiger partial charge on any atom is 0.330 e. The van der Waals surface area contributed by atoms with Crippen molar-refractivity contribution in [3.05, 3.63) is 25.3 Å². The van der Waals surface area contributed by atoms with Crippen molar-refractivity contribution in [2.24, 2.45) is 0 Å². The van der Waals surface area contributed by atoms with E-state index in [4.69, 9.17) is 28.4 Å². The van der Waals surface area contributed by atoms with Crippen LogP contribution in [0.4, 0.5) is 0 Å². The van der Waals surface area contributed by atoms with Crippen LogP contribution in [0.25, 0.3) is 0 Å². The van der Waals surface area contributed by atoms with Crippen molar-refractivity contribution in [3.63, 3.8) is 0 Å². The molecule has 10 heteroatoms. The van der Waals surface area contributed by atoms with Crippen LogP contribution in [-0.2, 0) is 38.0 Å². The van der Waals surface area contributed by atoms with E-state index in [1.807, 2.05) is 0 Å². The third-order valence-corrected chi connectivity index (χ3v) is 3.52. The van der Waals surface area contributed by atoms with Crippen LogP contribution < -0.4 is 0 Å². The second-order valence-corrected chi connectivity index (χ2v) is 6.41.